The van der Waals surface area contributed by atoms with Crippen molar-refractivity contribution in [2.75, 3.05) is 36.4 Å². The fourth-order valence-electron chi connectivity index (χ4n) is 2.28. The van der Waals surface area contributed by atoms with Gasteiger partial charge in [0, 0.05) is 32.2 Å². The monoisotopic (exact) mass is 289 g/mol. The van der Waals surface area contributed by atoms with Crippen LogP contribution in [-0.4, -0.2) is 54.5 Å². The summed E-state index contributed by atoms with van der Waals surface area (Å²) >= 11 is 0. The highest BCUT2D eigenvalue weighted by molar-refractivity contribution is 5.89. The van der Waals surface area contributed by atoms with Crippen LogP contribution in [0.4, 0.5) is 16.3 Å². The van der Waals surface area contributed by atoms with Gasteiger partial charge in [0.1, 0.15) is 5.82 Å². The molecule has 1 saturated heterocycles. The summed E-state index contributed by atoms with van der Waals surface area (Å²) in [5.74, 6) is 0.869. The van der Waals surface area contributed by atoms with Crippen LogP contribution in [0.25, 0.3) is 0 Å². The van der Waals surface area contributed by atoms with Crippen LogP contribution in [0.2, 0.25) is 0 Å². The van der Waals surface area contributed by atoms with E-state index in [2.05, 4.69) is 20.5 Å². The first-order valence-electron chi connectivity index (χ1n) is 7.22. The number of rotatable bonds is 4. The summed E-state index contributed by atoms with van der Waals surface area (Å²) in [6.45, 7) is 2.99. The lowest BCUT2D eigenvalue weighted by Crippen LogP contribution is -2.46. The summed E-state index contributed by atoms with van der Waals surface area (Å²) in [5, 5.41) is 5.64. The number of nitrogens with zero attached hydrogens (tertiary/aromatic N) is 3. The van der Waals surface area contributed by atoms with E-state index in [1.165, 1.54) is 0 Å². The maximum absolute atomic E-state index is 11.6. The molecule has 2 N–H and O–H groups in total. The molecule has 1 aromatic heterocycles. The van der Waals surface area contributed by atoms with Gasteiger partial charge in [0.15, 0.2) is 0 Å². The van der Waals surface area contributed by atoms with Gasteiger partial charge in [0.2, 0.25) is 6.41 Å². The van der Waals surface area contributed by atoms with Crippen molar-refractivity contribution in [2.24, 2.45) is 0 Å². The van der Waals surface area contributed by atoms with Crippen LogP contribution in [0.1, 0.15) is 12.8 Å². The number of carbonyl (C=O) groups excluding carboxylic acids is 2. The maximum Gasteiger partial charge on any atom is 0.319 e. The van der Waals surface area contributed by atoms with Crippen LogP contribution in [0.15, 0.2) is 18.3 Å². The first-order chi connectivity index (χ1) is 10.2. The highest BCUT2D eigenvalue weighted by Gasteiger charge is 2.23. The molecule has 1 aliphatic carbocycles. The molecule has 21 heavy (non-hydrogen) atoms. The summed E-state index contributed by atoms with van der Waals surface area (Å²) < 4.78 is 0. The second-order valence-electron chi connectivity index (χ2n) is 5.41. The molecule has 0 atom stereocenters. The number of anilines is 2. The van der Waals surface area contributed by atoms with Crippen molar-refractivity contribution < 1.29 is 9.59 Å². The van der Waals surface area contributed by atoms with Gasteiger partial charge < -0.3 is 20.4 Å². The number of aromatic nitrogens is 1. The van der Waals surface area contributed by atoms with Gasteiger partial charge in [0.05, 0.1) is 11.9 Å². The van der Waals surface area contributed by atoms with Gasteiger partial charge in [-0.15, -0.1) is 0 Å². The first-order valence-corrected chi connectivity index (χ1v) is 7.22. The first kappa shape index (κ1) is 13.7. The largest absolute Gasteiger partial charge is 0.353 e. The van der Waals surface area contributed by atoms with Gasteiger partial charge in [-0.2, -0.15) is 0 Å². The summed E-state index contributed by atoms with van der Waals surface area (Å²) in [4.78, 5) is 30.6. The van der Waals surface area contributed by atoms with E-state index in [-0.39, 0.29) is 6.03 Å². The van der Waals surface area contributed by atoms with E-state index in [1.54, 1.807) is 11.1 Å². The zero-order valence-corrected chi connectivity index (χ0v) is 11.8. The van der Waals surface area contributed by atoms with Gasteiger partial charge >= 0.3 is 6.03 Å². The SMILES string of the molecule is O=CN1CCN(c2ccc(NC(=O)NC3CC3)cn2)CC1. The molecule has 0 aromatic carbocycles. The molecule has 3 amide bonds. The third kappa shape index (κ3) is 3.62. The number of urea groups is 1. The van der Waals surface area contributed by atoms with Gasteiger partial charge in [-0.1, -0.05) is 0 Å². The van der Waals surface area contributed by atoms with Gasteiger partial charge in [0.25, 0.3) is 0 Å². The van der Waals surface area contributed by atoms with Crippen molar-refractivity contribution in [1.82, 2.24) is 15.2 Å². The smallest absolute Gasteiger partial charge is 0.319 e. The van der Waals surface area contributed by atoms with Crippen molar-refractivity contribution in [1.29, 1.82) is 0 Å². The minimum atomic E-state index is -0.174. The summed E-state index contributed by atoms with van der Waals surface area (Å²) in [7, 11) is 0. The number of hydrogen-bond donors (Lipinski definition) is 2. The number of nitrogens with one attached hydrogen (secondary N) is 2. The molecule has 2 aliphatic rings. The molecule has 0 unspecified atom stereocenters. The van der Waals surface area contributed by atoms with E-state index < -0.39 is 0 Å². The Morgan fingerprint density at radius 2 is 2.00 bits per heavy atom. The molecule has 7 heteroatoms. The number of carbonyl (C=O) groups is 2. The summed E-state index contributed by atoms with van der Waals surface area (Å²) in [6.07, 6.45) is 4.68. The Hall–Kier alpha value is -2.31. The third-order valence-corrected chi connectivity index (χ3v) is 3.71. The van der Waals surface area contributed by atoms with Crippen molar-refractivity contribution in [3.8, 4) is 0 Å². The highest BCUT2D eigenvalue weighted by atomic mass is 16.2. The minimum absolute atomic E-state index is 0.174. The fourth-order valence-corrected chi connectivity index (χ4v) is 2.28. The van der Waals surface area contributed by atoms with Crippen LogP contribution >= 0.6 is 0 Å². The molecule has 0 bridgehead atoms. The Morgan fingerprint density at radius 3 is 2.57 bits per heavy atom. The van der Waals surface area contributed by atoms with Crippen LogP contribution in [0, 0.1) is 0 Å². The molecular weight excluding hydrogens is 270 g/mol. The van der Waals surface area contributed by atoms with Crippen molar-refractivity contribution in [3.63, 3.8) is 0 Å². The molecule has 112 valence electrons. The average molecular weight is 289 g/mol. The van der Waals surface area contributed by atoms with E-state index in [1.807, 2.05) is 12.1 Å². The number of pyridine rings is 1. The Kier molecular flexibility index (Phi) is 3.89. The molecule has 7 nitrogen and oxygen atoms in total. The molecule has 1 saturated carbocycles. The molecule has 0 radical (unpaired) electrons. The predicted octanol–water partition coefficient (Wildman–Crippen LogP) is 0.644. The third-order valence-electron chi connectivity index (χ3n) is 3.71. The van der Waals surface area contributed by atoms with Crippen LogP contribution in [0.3, 0.4) is 0 Å². The quantitative estimate of drug-likeness (QED) is 0.798. The number of piperazine rings is 1. The molecule has 3 rings (SSSR count). The molecule has 1 aromatic rings. The topological polar surface area (TPSA) is 77.6 Å². The standard InChI is InChI=1S/C14H19N5O2/c20-10-18-5-7-19(8-6-18)13-4-3-12(9-15-13)17-14(21)16-11-1-2-11/h3-4,9-11H,1-2,5-8H2,(H2,16,17,21). The van der Waals surface area contributed by atoms with Crippen LogP contribution in [-0.2, 0) is 4.79 Å². The lowest BCUT2D eigenvalue weighted by molar-refractivity contribution is -0.118. The van der Waals surface area contributed by atoms with E-state index in [0.29, 0.717) is 11.7 Å². The lowest BCUT2D eigenvalue weighted by atomic mass is 10.3. The van der Waals surface area contributed by atoms with Crippen molar-refractivity contribution in [3.05, 3.63) is 18.3 Å². The second-order valence-corrected chi connectivity index (χ2v) is 5.41. The zero-order chi connectivity index (χ0) is 14.7. The normalized spacial score (nSPS) is 18.3. The minimum Gasteiger partial charge on any atom is -0.353 e. The second kappa shape index (κ2) is 5.99. The van der Waals surface area contributed by atoms with Crippen molar-refractivity contribution in [2.45, 2.75) is 18.9 Å². The van der Waals surface area contributed by atoms with E-state index in [4.69, 9.17) is 0 Å². The Morgan fingerprint density at radius 1 is 1.24 bits per heavy atom. The van der Waals surface area contributed by atoms with E-state index in [0.717, 1.165) is 51.2 Å². The lowest BCUT2D eigenvalue weighted by Gasteiger charge is -2.33. The highest BCUT2D eigenvalue weighted by Crippen LogP contribution is 2.19. The van der Waals surface area contributed by atoms with Crippen LogP contribution < -0.4 is 15.5 Å². The Balaban J connectivity index is 1.53. The van der Waals surface area contributed by atoms with E-state index >= 15 is 0 Å². The maximum atomic E-state index is 11.6. The number of hydrogen-bond acceptors (Lipinski definition) is 4. The molecular formula is C14H19N5O2. The van der Waals surface area contributed by atoms with Crippen molar-refractivity contribution >= 4 is 23.9 Å². The predicted molar refractivity (Wildman–Crippen MR) is 79.3 cm³/mol. The van der Waals surface area contributed by atoms with Crippen LogP contribution in [0.5, 0.6) is 0 Å². The molecule has 2 fully saturated rings. The summed E-state index contributed by atoms with van der Waals surface area (Å²) in [5.41, 5.74) is 0.684. The number of amides is 3. The van der Waals surface area contributed by atoms with E-state index in [9.17, 15) is 9.59 Å². The van der Waals surface area contributed by atoms with Gasteiger partial charge in [-0.3, -0.25) is 4.79 Å². The Labute approximate surface area is 123 Å². The molecule has 2 heterocycles. The van der Waals surface area contributed by atoms with Gasteiger partial charge in [-0.25, -0.2) is 9.78 Å². The zero-order valence-electron chi connectivity index (χ0n) is 11.8. The Bertz CT molecular complexity index is 507. The average Bonchev–Trinajstić information content (AvgIpc) is 3.32. The molecule has 1 aliphatic heterocycles. The fraction of sp³-hybridized carbons (Fsp3) is 0.500. The van der Waals surface area contributed by atoms with Gasteiger partial charge in [-0.05, 0) is 25.0 Å². The molecule has 0 spiro atoms. The summed E-state index contributed by atoms with van der Waals surface area (Å²) in [6, 6.07) is 3.91.